The number of pyridine rings is 1. The van der Waals surface area contributed by atoms with Crippen molar-refractivity contribution in [2.75, 3.05) is 0 Å². The number of nitrogens with zero attached hydrogens (tertiary/aromatic N) is 6. The summed E-state index contributed by atoms with van der Waals surface area (Å²) < 4.78 is 50.0. The van der Waals surface area contributed by atoms with Gasteiger partial charge >= 0.3 is 5.69 Å². The lowest BCUT2D eigenvalue weighted by molar-refractivity contribution is 0.0989. The quantitative estimate of drug-likeness (QED) is 0.209. The lowest BCUT2D eigenvalue weighted by atomic mass is 10.2. The third kappa shape index (κ3) is 5.74. The Morgan fingerprint density at radius 1 is 1.02 bits per heavy atom. The van der Waals surface area contributed by atoms with Crippen molar-refractivity contribution in [3.63, 3.8) is 0 Å². The number of benzene rings is 2. The summed E-state index contributed by atoms with van der Waals surface area (Å²) in [5.74, 6) is -2.56. The first-order valence-corrected chi connectivity index (χ1v) is 13.1. The number of hydrogen-bond donors (Lipinski definition) is 0. The van der Waals surface area contributed by atoms with E-state index in [1.165, 1.54) is 16.7 Å². The van der Waals surface area contributed by atoms with Gasteiger partial charge in [0.1, 0.15) is 12.0 Å². The molecule has 10 nitrogen and oxygen atoms in total. The van der Waals surface area contributed by atoms with Crippen molar-refractivity contribution in [3.05, 3.63) is 93.3 Å². The molecule has 0 spiro atoms. The molecule has 5 rings (SSSR count). The molecule has 0 N–H and O–H groups in total. The highest BCUT2D eigenvalue weighted by Gasteiger charge is 2.26. The predicted molar refractivity (Wildman–Crippen MR) is 147 cm³/mol. The van der Waals surface area contributed by atoms with E-state index < -0.39 is 29.2 Å². The van der Waals surface area contributed by atoms with Gasteiger partial charge in [-0.25, -0.2) is 13.6 Å². The van der Waals surface area contributed by atoms with Gasteiger partial charge in [-0.3, -0.25) is 4.57 Å². The van der Waals surface area contributed by atoms with E-state index in [9.17, 15) is 9.18 Å². The zero-order valence-electron chi connectivity index (χ0n) is 22.3. The van der Waals surface area contributed by atoms with Crippen LogP contribution >= 0.6 is 11.6 Å². The maximum Gasteiger partial charge on any atom is 0.352 e. The molecule has 0 amide bonds. The summed E-state index contributed by atoms with van der Waals surface area (Å²) in [6, 6.07) is 13.5. The van der Waals surface area contributed by atoms with Crippen molar-refractivity contribution >= 4 is 22.4 Å². The Kier molecular flexibility index (Phi) is 8.22. The van der Waals surface area contributed by atoms with Crippen molar-refractivity contribution < 1.29 is 23.0 Å². The first-order valence-electron chi connectivity index (χ1n) is 12.7. The molecule has 13 heteroatoms. The average molecular weight is 583 g/mol. The molecule has 0 radical (unpaired) electrons. The topological polar surface area (TPSA) is 106 Å². The van der Waals surface area contributed by atoms with Gasteiger partial charge in [-0.05, 0) is 38.5 Å². The van der Waals surface area contributed by atoms with Crippen molar-refractivity contribution in [3.8, 4) is 23.3 Å². The normalized spacial score (nSPS) is 11.4. The minimum Gasteiger partial charge on any atom is -0.474 e. The van der Waals surface area contributed by atoms with Crippen LogP contribution in [0.15, 0.2) is 59.5 Å². The van der Waals surface area contributed by atoms with Crippen LogP contribution in [0.3, 0.4) is 0 Å². The van der Waals surface area contributed by atoms with E-state index in [4.69, 9.17) is 25.8 Å². The summed E-state index contributed by atoms with van der Waals surface area (Å²) in [5, 5.41) is 11.9. The van der Waals surface area contributed by atoms with Crippen LogP contribution < -0.4 is 15.2 Å². The van der Waals surface area contributed by atoms with E-state index in [0.717, 1.165) is 22.5 Å². The Hall–Kier alpha value is -4.42. The SMILES string of the molecule is CCn1c(COCc2ccccc2)nn(-c2nc(OC(C)C)c3c(Oc4c(F)cccc4Cl)nncc3c2F)c1=O. The minimum atomic E-state index is -0.935. The second-order valence-electron chi connectivity index (χ2n) is 9.15. The molecular weight excluding hydrogens is 558 g/mol. The van der Waals surface area contributed by atoms with E-state index in [2.05, 4.69) is 20.3 Å². The van der Waals surface area contributed by atoms with E-state index in [-0.39, 0.29) is 52.3 Å². The van der Waals surface area contributed by atoms with Gasteiger partial charge in [0.25, 0.3) is 5.88 Å². The van der Waals surface area contributed by atoms with Gasteiger partial charge in [0, 0.05) is 6.54 Å². The number of para-hydroxylation sites is 1. The van der Waals surface area contributed by atoms with Crippen LogP contribution in [-0.2, 0) is 24.5 Å². The van der Waals surface area contributed by atoms with Crippen LogP contribution in [0.5, 0.6) is 17.5 Å². The number of aromatic nitrogens is 6. The number of hydrogen-bond acceptors (Lipinski definition) is 8. The van der Waals surface area contributed by atoms with Gasteiger partial charge in [-0.2, -0.15) is 14.8 Å². The molecule has 0 aliphatic heterocycles. The molecule has 0 aliphatic carbocycles. The Labute approximate surface area is 238 Å². The van der Waals surface area contributed by atoms with E-state index in [0.29, 0.717) is 6.61 Å². The molecule has 0 unspecified atom stereocenters. The number of fused-ring (bicyclic) bond motifs is 1. The van der Waals surface area contributed by atoms with Crippen LogP contribution in [0.25, 0.3) is 16.6 Å². The molecule has 0 atom stereocenters. The molecule has 212 valence electrons. The molecule has 0 saturated carbocycles. The summed E-state index contributed by atoms with van der Waals surface area (Å²) in [6.07, 6.45) is 0.707. The fraction of sp³-hybridized carbons (Fsp3) is 0.250. The third-order valence-electron chi connectivity index (χ3n) is 5.94. The highest BCUT2D eigenvalue weighted by Crippen LogP contribution is 2.39. The molecule has 0 bridgehead atoms. The third-order valence-corrected chi connectivity index (χ3v) is 6.23. The van der Waals surface area contributed by atoms with Gasteiger partial charge in [0.05, 0.1) is 29.3 Å². The van der Waals surface area contributed by atoms with Gasteiger partial charge in [0.15, 0.2) is 29.0 Å². The molecule has 0 saturated heterocycles. The Balaban J connectivity index is 1.59. The molecule has 0 fully saturated rings. The lowest BCUT2D eigenvalue weighted by Gasteiger charge is -2.16. The maximum atomic E-state index is 16.1. The van der Waals surface area contributed by atoms with Crippen LogP contribution in [-0.4, -0.2) is 35.6 Å². The second kappa shape index (κ2) is 12.0. The smallest absolute Gasteiger partial charge is 0.352 e. The summed E-state index contributed by atoms with van der Waals surface area (Å²) in [5.41, 5.74) is 0.328. The molecule has 0 aliphatic rings. The van der Waals surface area contributed by atoms with Crippen LogP contribution in [0.1, 0.15) is 32.2 Å². The fourth-order valence-corrected chi connectivity index (χ4v) is 4.30. The van der Waals surface area contributed by atoms with E-state index >= 15 is 4.39 Å². The van der Waals surface area contributed by atoms with Crippen LogP contribution in [0.2, 0.25) is 5.02 Å². The first-order chi connectivity index (χ1) is 19.8. The van der Waals surface area contributed by atoms with Crippen molar-refractivity contribution in [2.24, 2.45) is 0 Å². The molecular formula is C28H25ClF2N6O4. The Bertz CT molecular complexity index is 1740. The minimum absolute atomic E-state index is 0.00237. The molecule has 3 aromatic heterocycles. The average Bonchev–Trinajstić information content (AvgIpc) is 3.27. The predicted octanol–water partition coefficient (Wildman–Crippen LogP) is 5.62. The molecule has 41 heavy (non-hydrogen) atoms. The Morgan fingerprint density at radius 3 is 2.51 bits per heavy atom. The Morgan fingerprint density at radius 2 is 1.80 bits per heavy atom. The number of rotatable bonds is 10. The second-order valence-corrected chi connectivity index (χ2v) is 9.55. The summed E-state index contributed by atoms with van der Waals surface area (Å²) in [4.78, 5) is 17.6. The van der Waals surface area contributed by atoms with Gasteiger partial charge in [-0.15, -0.1) is 10.2 Å². The molecule has 2 aromatic carbocycles. The fourth-order valence-electron chi connectivity index (χ4n) is 4.09. The number of halogens is 3. The van der Waals surface area contributed by atoms with Gasteiger partial charge in [-0.1, -0.05) is 48.0 Å². The largest absolute Gasteiger partial charge is 0.474 e. The van der Waals surface area contributed by atoms with Gasteiger partial charge in [0.2, 0.25) is 5.88 Å². The summed E-state index contributed by atoms with van der Waals surface area (Å²) >= 11 is 6.12. The van der Waals surface area contributed by atoms with E-state index in [1.54, 1.807) is 20.8 Å². The van der Waals surface area contributed by atoms with Crippen LogP contribution in [0, 0.1) is 11.6 Å². The first kappa shape index (κ1) is 28.1. The van der Waals surface area contributed by atoms with Crippen molar-refractivity contribution in [1.29, 1.82) is 0 Å². The molecule has 3 heterocycles. The zero-order valence-corrected chi connectivity index (χ0v) is 23.1. The maximum absolute atomic E-state index is 16.1. The van der Waals surface area contributed by atoms with Crippen molar-refractivity contribution in [2.45, 2.75) is 46.6 Å². The molecule has 5 aromatic rings. The zero-order chi connectivity index (χ0) is 29.1. The van der Waals surface area contributed by atoms with Crippen molar-refractivity contribution in [1.82, 2.24) is 29.5 Å². The highest BCUT2D eigenvalue weighted by atomic mass is 35.5. The monoisotopic (exact) mass is 582 g/mol. The standard InChI is InChI=1S/C28H25ClF2N6O4/c1-4-36-21(15-39-14-17-9-6-5-7-10-17)35-37(28(36)38)25-23(31)18-13-32-34-27(22(18)26(33-25)40-16(2)3)41-24-19(29)11-8-12-20(24)30/h5-13,16H,4,14-15H2,1-3H3. The summed E-state index contributed by atoms with van der Waals surface area (Å²) in [7, 11) is 0. The highest BCUT2D eigenvalue weighted by molar-refractivity contribution is 6.32. The number of ether oxygens (including phenoxy) is 3. The lowest BCUT2D eigenvalue weighted by Crippen LogP contribution is -2.25. The summed E-state index contributed by atoms with van der Waals surface area (Å²) in [6.45, 7) is 5.80. The van der Waals surface area contributed by atoms with E-state index in [1.807, 2.05) is 30.3 Å². The van der Waals surface area contributed by atoms with Crippen LogP contribution in [0.4, 0.5) is 8.78 Å². The van der Waals surface area contributed by atoms with Gasteiger partial charge < -0.3 is 14.2 Å².